The number of unbranched alkanes of at least 4 members (excludes halogenated alkanes) is 11. The first-order chi connectivity index (χ1) is 19.1. The summed E-state index contributed by atoms with van der Waals surface area (Å²) in [5.74, 6) is -0.714. The zero-order valence-corrected chi connectivity index (χ0v) is 25.4. The van der Waals surface area contributed by atoms with Gasteiger partial charge in [0.25, 0.3) is 0 Å². The molecule has 0 aromatic heterocycles. The van der Waals surface area contributed by atoms with Gasteiger partial charge in [0.05, 0.1) is 0 Å². The summed E-state index contributed by atoms with van der Waals surface area (Å²) >= 11 is 0. The number of aliphatic carboxylic acids is 1. The van der Waals surface area contributed by atoms with E-state index in [2.05, 4.69) is 62.5 Å². The molecule has 0 saturated carbocycles. The first-order valence-electron chi connectivity index (χ1n) is 16.1. The van der Waals surface area contributed by atoms with E-state index in [1.165, 1.54) is 38.5 Å². The zero-order chi connectivity index (χ0) is 28.7. The van der Waals surface area contributed by atoms with Crippen LogP contribution in [0.4, 0.5) is 0 Å². The Morgan fingerprint density at radius 3 is 1.64 bits per heavy atom. The maximum Gasteiger partial charge on any atom is 0.306 e. The molecule has 0 fully saturated rings. The van der Waals surface area contributed by atoms with Gasteiger partial charge in [-0.15, -0.1) is 0 Å². The Labute approximate surface area is 241 Å². The maximum absolute atomic E-state index is 12.4. The number of carboxylic acid groups (broad SMARTS) is 1. The molecule has 0 saturated heterocycles. The predicted molar refractivity (Wildman–Crippen MR) is 167 cm³/mol. The molecule has 0 aromatic rings. The first kappa shape index (κ1) is 36.9. The number of rotatable bonds is 28. The number of hydrogen-bond donors (Lipinski definition) is 1. The topological polar surface area (TPSA) is 63.6 Å². The minimum absolute atomic E-state index is 0.0250. The summed E-state index contributed by atoms with van der Waals surface area (Å²) in [5, 5.41) is 8.68. The van der Waals surface area contributed by atoms with Crippen LogP contribution < -0.4 is 0 Å². The molecule has 1 unspecified atom stereocenters. The minimum Gasteiger partial charge on any atom is -0.481 e. The summed E-state index contributed by atoms with van der Waals surface area (Å²) in [7, 11) is 0. The summed E-state index contributed by atoms with van der Waals surface area (Å²) in [4.78, 5) is 23.0. The second-order valence-corrected chi connectivity index (χ2v) is 10.6. The van der Waals surface area contributed by atoms with E-state index in [0.717, 1.165) is 89.9 Å². The van der Waals surface area contributed by atoms with Crippen molar-refractivity contribution in [1.82, 2.24) is 0 Å². The van der Waals surface area contributed by atoms with Crippen LogP contribution in [0.1, 0.15) is 155 Å². The standard InChI is InChI=1S/C35H60O4/c1-3-5-7-8-9-10-11-12-13-14-15-16-21-24-28-32-35(38)39-33(29-25-6-4-2)30-26-22-19-17-18-20-23-27-31-34(36)37/h5,7,9-10,12-13,15-16,33H,3-4,6,8,11,14,17-32H2,1-2H3,(H,36,37)/b7-5-,10-9-,13-12-,16-15-. The van der Waals surface area contributed by atoms with Crippen LogP contribution in [-0.4, -0.2) is 23.1 Å². The van der Waals surface area contributed by atoms with Crippen LogP contribution in [0.5, 0.6) is 0 Å². The number of carboxylic acids is 1. The lowest BCUT2D eigenvalue weighted by Gasteiger charge is -2.18. The highest BCUT2D eigenvalue weighted by molar-refractivity contribution is 5.69. The van der Waals surface area contributed by atoms with E-state index in [1.807, 2.05) is 0 Å². The molecule has 0 aromatic carbocycles. The van der Waals surface area contributed by atoms with Crippen molar-refractivity contribution in [2.75, 3.05) is 0 Å². The molecule has 0 amide bonds. The van der Waals surface area contributed by atoms with Gasteiger partial charge in [-0.25, -0.2) is 0 Å². The second kappa shape index (κ2) is 30.4. The van der Waals surface area contributed by atoms with Crippen LogP contribution in [0, 0.1) is 0 Å². The Bertz CT molecular complexity index is 674. The van der Waals surface area contributed by atoms with E-state index in [9.17, 15) is 9.59 Å². The van der Waals surface area contributed by atoms with Crippen LogP contribution in [0.15, 0.2) is 48.6 Å². The van der Waals surface area contributed by atoms with Gasteiger partial charge in [0.15, 0.2) is 0 Å². The minimum atomic E-state index is -0.689. The third-order valence-electron chi connectivity index (χ3n) is 6.82. The van der Waals surface area contributed by atoms with Crippen molar-refractivity contribution in [3.8, 4) is 0 Å². The number of carbonyl (C=O) groups excluding carboxylic acids is 1. The molecule has 0 bridgehead atoms. The van der Waals surface area contributed by atoms with Crippen LogP contribution in [0.25, 0.3) is 0 Å². The molecule has 0 aliphatic carbocycles. The number of hydrogen-bond acceptors (Lipinski definition) is 3. The number of carbonyl (C=O) groups is 2. The average Bonchev–Trinajstić information content (AvgIpc) is 2.91. The number of esters is 1. The fraction of sp³-hybridized carbons (Fsp3) is 0.714. The van der Waals surface area contributed by atoms with Gasteiger partial charge in [-0.1, -0.05) is 114 Å². The van der Waals surface area contributed by atoms with E-state index in [0.29, 0.717) is 12.8 Å². The molecule has 39 heavy (non-hydrogen) atoms. The lowest BCUT2D eigenvalue weighted by atomic mass is 10.0. The van der Waals surface area contributed by atoms with Gasteiger partial charge < -0.3 is 9.84 Å². The Kier molecular flexibility index (Phi) is 28.8. The fourth-order valence-corrected chi connectivity index (χ4v) is 4.47. The molecule has 1 atom stereocenters. The van der Waals surface area contributed by atoms with Crippen molar-refractivity contribution in [2.24, 2.45) is 0 Å². The summed E-state index contributed by atoms with van der Waals surface area (Å²) in [6, 6.07) is 0. The van der Waals surface area contributed by atoms with Crippen LogP contribution in [0.2, 0.25) is 0 Å². The SMILES string of the molecule is CC/C=C\C/C=C\C/C=C\C/C=C\CCCCC(=O)OC(CCCCC)CCCCCCCCCCC(=O)O. The lowest BCUT2D eigenvalue weighted by Crippen LogP contribution is -2.18. The summed E-state index contributed by atoms with van der Waals surface area (Å²) < 4.78 is 5.88. The molecule has 4 nitrogen and oxygen atoms in total. The van der Waals surface area contributed by atoms with Gasteiger partial charge >= 0.3 is 11.9 Å². The molecule has 4 heteroatoms. The van der Waals surface area contributed by atoms with Gasteiger partial charge in [-0.3, -0.25) is 9.59 Å². The van der Waals surface area contributed by atoms with E-state index in [1.54, 1.807) is 0 Å². The normalized spacial score (nSPS) is 12.9. The average molecular weight is 545 g/mol. The van der Waals surface area contributed by atoms with Gasteiger partial charge in [-0.2, -0.15) is 0 Å². The van der Waals surface area contributed by atoms with Gasteiger partial charge in [0, 0.05) is 12.8 Å². The fourth-order valence-electron chi connectivity index (χ4n) is 4.47. The highest BCUT2D eigenvalue weighted by atomic mass is 16.5. The van der Waals surface area contributed by atoms with Gasteiger partial charge in [0.2, 0.25) is 0 Å². The molecular formula is C35H60O4. The van der Waals surface area contributed by atoms with E-state index in [-0.39, 0.29) is 12.1 Å². The zero-order valence-electron chi connectivity index (χ0n) is 25.4. The number of allylic oxidation sites excluding steroid dienone is 8. The van der Waals surface area contributed by atoms with Crippen molar-refractivity contribution >= 4 is 11.9 Å². The highest BCUT2D eigenvalue weighted by Crippen LogP contribution is 2.17. The summed E-state index contributed by atoms with van der Waals surface area (Å²) in [6.45, 7) is 4.36. The molecule has 1 N–H and O–H groups in total. The van der Waals surface area contributed by atoms with Crippen molar-refractivity contribution in [1.29, 1.82) is 0 Å². The third-order valence-corrected chi connectivity index (χ3v) is 6.82. The first-order valence-corrected chi connectivity index (χ1v) is 16.1. The Balaban J connectivity index is 3.90. The van der Waals surface area contributed by atoms with E-state index >= 15 is 0 Å². The highest BCUT2D eigenvalue weighted by Gasteiger charge is 2.14. The molecule has 0 rings (SSSR count). The molecule has 0 aliphatic heterocycles. The number of ether oxygens (including phenoxy) is 1. The molecule has 0 heterocycles. The van der Waals surface area contributed by atoms with Gasteiger partial charge in [-0.05, 0) is 77.0 Å². The third kappa shape index (κ3) is 30.3. The molecule has 224 valence electrons. The molecule has 0 radical (unpaired) electrons. The predicted octanol–water partition coefficient (Wildman–Crippen LogP) is 10.8. The van der Waals surface area contributed by atoms with Crippen LogP contribution >= 0.6 is 0 Å². The van der Waals surface area contributed by atoms with Crippen molar-refractivity contribution in [3.05, 3.63) is 48.6 Å². The molecular weight excluding hydrogens is 484 g/mol. The monoisotopic (exact) mass is 544 g/mol. The quantitative estimate of drug-likeness (QED) is 0.0604. The summed E-state index contributed by atoms with van der Waals surface area (Å²) in [6.07, 6.45) is 40.0. The lowest BCUT2D eigenvalue weighted by molar-refractivity contribution is -0.150. The largest absolute Gasteiger partial charge is 0.481 e. The van der Waals surface area contributed by atoms with E-state index in [4.69, 9.17) is 9.84 Å². The van der Waals surface area contributed by atoms with Crippen molar-refractivity contribution in [3.63, 3.8) is 0 Å². The second-order valence-electron chi connectivity index (χ2n) is 10.6. The Hall–Kier alpha value is -2.10. The Morgan fingerprint density at radius 1 is 0.590 bits per heavy atom. The molecule has 0 aliphatic rings. The van der Waals surface area contributed by atoms with E-state index < -0.39 is 5.97 Å². The molecule has 0 spiro atoms. The van der Waals surface area contributed by atoms with Crippen molar-refractivity contribution < 1.29 is 19.4 Å². The summed E-state index contributed by atoms with van der Waals surface area (Å²) in [5.41, 5.74) is 0. The van der Waals surface area contributed by atoms with Crippen LogP contribution in [0.3, 0.4) is 0 Å². The smallest absolute Gasteiger partial charge is 0.306 e. The van der Waals surface area contributed by atoms with Crippen molar-refractivity contribution in [2.45, 2.75) is 161 Å². The van der Waals surface area contributed by atoms with Crippen LogP contribution in [-0.2, 0) is 14.3 Å². The Morgan fingerprint density at radius 2 is 1.08 bits per heavy atom. The maximum atomic E-state index is 12.4. The van der Waals surface area contributed by atoms with Gasteiger partial charge in [0.1, 0.15) is 6.10 Å².